The molecule has 1 aromatic carbocycles. The summed E-state index contributed by atoms with van der Waals surface area (Å²) in [5, 5.41) is 12.2. The summed E-state index contributed by atoms with van der Waals surface area (Å²) < 4.78 is 10.4. The number of amides is 1. The second-order valence-electron chi connectivity index (χ2n) is 5.31. The molecule has 0 aromatic heterocycles. The molecule has 2 aliphatic rings. The Kier molecular flexibility index (Phi) is 3.41. The molecule has 21 heavy (non-hydrogen) atoms. The van der Waals surface area contributed by atoms with E-state index in [0.717, 1.165) is 6.42 Å². The number of fused-ring (bicyclic) bond motifs is 1. The Labute approximate surface area is 126 Å². The van der Waals surface area contributed by atoms with E-state index in [0.29, 0.717) is 34.9 Å². The first-order valence-corrected chi connectivity index (χ1v) is 7.00. The van der Waals surface area contributed by atoms with Crippen LogP contribution in [-0.4, -0.2) is 30.3 Å². The average Bonchev–Trinajstić information content (AvgIpc) is 2.85. The SMILES string of the molecule is O=C(NCC1(C(=O)O)CCC1)c1cc(Cl)c2c(c1)OCO2. The molecule has 2 N–H and O–H groups in total. The van der Waals surface area contributed by atoms with Crippen LogP contribution in [-0.2, 0) is 4.79 Å². The quantitative estimate of drug-likeness (QED) is 0.889. The zero-order valence-corrected chi connectivity index (χ0v) is 11.9. The van der Waals surface area contributed by atoms with Crippen LogP contribution in [0.5, 0.6) is 11.5 Å². The molecule has 1 aromatic rings. The summed E-state index contributed by atoms with van der Waals surface area (Å²) in [6.45, 7) is 0.190. The van der Waals surface area contributed by atoms with Crippen LogP contribution in [0.1, 0.15) is 29.6 Å². The molecule has 0 saturated heterocycles. The molecule has 112 valence electrons. The fourth-order valence-corrected chi connectivity index (χ4v) is 2.79. The van der Waals surface area contributed by atoms with E-state index in [1.807, 2.05) is 0 Å². The molecule has 0 atom stereocenters. The summed E-state index contributed by atoms with van der Waals surface area (Å²) in [4.78, 5) is 23.4. The van der Waals surface area contributed by atoms with Gasteiger partial charge in [0.15, 0.2) is 11.5 Å². The van der Waals surface area contributed by atoms with Crippen molar-refractivity contribution in [1.29, 1.82) is 0 Å². The van der Waals surface area contributed by atoms with Gasteiger partial charge >= 0.3 is 5.97 Å². The van der Waals surface area contributed by atoms with Crippen LogP contribution in [0.3, 0.4) is 0 Å². The third-order valence-corrected chi connectivity index (χ3v) is 4.32. The topological polar surface area (TPSA) is 84.9 Å². The minimum absolute atomic E-state index is 0.0717. The van der Waals surface area contributed by atoms with Gasteiger partial charge < -0.3 is 19.9 Å². The van der Waals surface area contributed by atoms with Gasteiger partial charge in [0.25, 0.3) is 5.91 Å². The maximum Gasteiger partial charge on any atom is 0.311 e. The van der Waals surface area contributed by atoms with Crippen molar-refractivity contribution in [2.24, 2.45) is 5.41 Å². The largest absolute Gasteiger partial charge is 0.481 e. The summed E-state index contributed by atoms with van der Waals surface area (Å²) in [5.74, 6) is -0.390. The highest BCUT2D eigenvalue weighted by Crippen LogP contribution is 2.41. The normalized spacial score (nSPS) is 18.0. The van der Waals surface area contributed by atoms with Gasteiger partial charge in [-0.1, -0.05) is 18.0 Å². The van der Waals surface area contributed by atoms with E-state index in [1.165, 1.54) is 12.1 Å². The van der Waals surface area contributed by atoms with E-state index in [4.69, 9.17) is 21.1 Å². The van der Waals surface area contributed by atoms with E-state index in [9.17, 15) is 14.7 Å². The number of halogens is 1. The van der Waals surface area contributed by atoms with Crippen LogP contribution in [0, 0.1) is 5.41 Å². The summed E-state index contributed by atoms with van der Waals surface area (Å²) in [6, 6.07) is 3.02. The van der Waals surface area contributed by atoms with E-state index in [1.54, 1.807) is 0 Å². The van der Waals surface area contributed by atoms with Crippen molar-refractivity contribution in [3.8, 4) is 11.5 Å². The van der Waals surface area contributed by atoms with Gasteiger partial charge in [0, 0.05) is 12.1 Å². The zero-order valence-electron chi connectivity index (χ0n) is 11.1. The van der Waals surface area contributed by atoms with Crippen LogP contribution in [0.4, 0.5) is 0 Å². The number of nitrogens with one attached hydrogen (secondary N) is 1. The molecule has 7 heteroatoms. The smallest absolute Gasteiger partial charge is 0.311 e. The van der Waals surface area contributed by atoms with E-state index >= 15 is 0 Å². The molecule has 3 rings (SSSR count). The van der Waals surface area contributed by atoms with Crippen molar-refractivity contribution in [1.82, 2.24) is 5.32 Å². The first kappa shape index (κ1) is 14.0. The Balaban J connectivity index is 1.71. The van der Waals surface area contributed by atoms with E-state index < -0.39 is 11.4 Å². The van der Waals surface area contributed by atoms with Crippen LogP contribution < -0.4 is 14.8 Å². The molecule has 1 amide bonds. The first-order chi connectivity index (χ1) is 10.0. The molecule has 0 radical (unpaired) electrons. The van der Waals surface area contributed by atoms with Gasteiger partial charge in [-0.15, -0.1) is 0 Å². The summed E-state index contributed by atoms with van der Waals surface area (Å²) >= 11 is 6.02. The highest BCUT2D eigenvalue weighted by Gasteiger charge is 2.44. The molecule has 1 saturated carbocycles. The number of benzene rings is 1. The molecular weight excluding hydrogens is 298 g/mol. The Morgan fingerprint density at radius 1 is 1.33 bits per heavy atom. The predicted octanol–water partition coefficient (Wildman–Crippen LogP) is 2.05. The molecule has 0 unspecified atom stereocenters. The Morgan fingerprint density at radius 3 is 2.71 bits per heavy atom. The van der Waals surface area contributed by atoms with Crippen molar-refractivity contribution in [2.75, 3.05) is 13.3 Å². The van der Waals surface area contributed by atoms with E-state index in [-0.39, 0.29) is 19.2 Å². The lowest BCUT2D eigenvalue weighted by Crippen LogP contribution is -2.47. The molecule has 0 bridgehead atoms. The van der Waals surface area contributed by atoms with Crippen LogP contribution >= 0.6 is 11.6 Å². The summed E-state index contributed by atoms with van der Waals surface area (Å²) in [6.07, 6.45) is 2.05. The lowest BCUT2D eigenvalue weighted by Gasteiger charge is -2.37. The molecule has 1 aliphatic carbocycles. The number of carbonyl (C=O) groups excluding carboxylic acids is 1. The number of ether oxygens (including phenoxy) is 2. The molecule has 1 fully saturated rings. The standard InChI is InChI=1S/C14H14ClNO5/c15-9-4-8(5-10-11(9)21-7-20-10)12(17)16-6-14(13(18)19)2-1-3-14/h4-5H,1-3,6-7H2,(H,16,17)(H,18,19). The highest BCUT2D eigenvalue weighted by molar-refractivity contribution is 6.32. The number of carbonyl (C=O) groups is 2. The monoisotopic (exact) mass is 311 g/mol. The number of carboxylic acid groups (broad SMARTS) is 1. The number of rotatable bonds is 4. The van der Waals surface area contributed by atoms with Gasteiger partial charge in [-0.2, -0.15) is 0 Å². The second-order valence-corrected chi connectivity index (χ2v) is 5.72. The van der Waals surface area contributed by atoms with Crippen molar-refractivity contribution < 1.29 is 24.2 Å². The Morgan fingerprint density at radius 2 is 2.10 bits per heavy atom. The van der Waals surface area contributed by atoms with Crippen molar-refractivity contribution >= 4 is 23.5 Å². The maximum atomic E-state index is 12.1. The van der Waals surface area contributed by atoms with Gasteiger partial charge in [-0.3, -0.25) is 9.59 Å². The molecule has 1 heterocycles. The molecule has 1 aliphatic heterocycles. The van der Waals surface area contributed by atoms with Crippen molar-refractivity contribution in [3.63, 3.8) is 0 Å². The highest BCUT2D eigenvalue weighted by atomic mass is 35.5. The van der Waals surface area contributed by atoms with Crippen LogP contribution in [0.15, 0.2) is 12.1 Å². The minimum atomic E-state index is -0.863. The molecular formula is C14H14ClNO5. The zero-order chi connectivity index (χ0) is 15.0. The second kappa shape index (κ2) is 5.11. The number of aliphatic carboxylic acids is 1. The fraction of sp³-hybridized carbons (Fsp3) is 0.429. The maximum absolute atomic E-state index is 12.1. The van der Waals surface area contributed by atoms with Crippen molar-refractivity contribution in [2.45, 2.75) is 19.3 Å². The molecule has 6 nitrogen and oxygen atoms in total. The third-order valence-electron chi connectivity index (χ3n) is 4.04. The van der Waals surface area contributed by atoms with Crippen molar-refractivity contribution in [3.05, 3.63) is 22.7 Å². The van der Waals surface area contributed by atoms with Gasteiger partial charge in [0.2, 0.25) is 6.79 Å². The number of hydrogen-bond acceptors (Lipinski definition) is 4. The average molecular weight is 312 g/mol. The summed E-state index contributed by atoms with van der Waals surface area (Å²) in [5.41, 5.74) is -0.500. The minimum Gasteiger partial charge on any atom is -0.481 e. The van der Waals surface area contributed by atoms with Gasteiger partial charge in [0.05, 0.1) is 10.4 Å². The number of hydrogen-bond donors (Lipinski definition) is 2. The fourth-order valence-electron chi connectivity index (χ4n) is 2.52. The first-order valence-electron chi connectivity index (χ1n) is 6.63. The molecule has 0 spiro atoms. The number of carboxylic acids is 1. The van der Waals surface area contributed by atoms with Crippen LogP contribution in [0.25, 0.3) is 0 Å². The van der Waals surface area contributed by atoms with Crippen LogP contribution in [0.2, 0.25) is 5.02 Å². The Bertz CT molecular complexity index is 612. The predicted molar refractivity (Wildman–Crippen MR) is 73.8 cm³/mol. The van der Waals surface area contributed by atoms with Gasteiger partial charge in [0.1, 0.15) is 0 Å². The lowest BCUT2D eigenvalue weighted by molar-refractivity contribution is -0.153. The van der Waals surface area contributed by atoms with E-state index in [2.05, 4.69) is 5.32 Å². The third kappa shape index (κ3) is 2.40. The lowest BCUT2D eigenvalue weighted by atomic mass is 9.69. The van der Waals surface area contributed by atoms with Gasteiger partial charge in [-0.05, 0) is 25.0 Å². The Hall–Kier alpha value is -1.95. The summed E-state index contributed by atoms with van der Waals surface area (Å²) in [7, 11) is 0. The van der Waals surface area contributed by atoms with Gasteiger partial charge in [-0.25, -0.2) is 0 Å².